The van der Waals surface area contributed by atoms with E-state index in [0.29, 0.717) is 10.8 Å². The smallest absolute Gasteiger partial charge is 0.336 e. The molecule has 10 heteroatoms. The molecule has 0 saturated carbocycles. The number of carboxylic acid groups (broad SMARTS) is 1. The number of benzene rings is 3. The first-order valence-electron chi connectivity index (χ1n) is 10.5. The number of rotatable bonds is 8. The van der Waals surface area contributed by atoms with Crippen molar-refractivity contribution in [2.24, 2.45) is 0 Å². The van der Waals surface area contributed by atoms with Crippen LogP contribution in [0.2, 0.25) is 0 Å². The maximum absolute atomic E-state index is 12.8. The molecule has 0 radical (unpaired) electrons. The van der Waals surface area contributed by atoms with E-state index in [1.165, 1.54) is 35.2 Å². The van der Waals surface area contributed by atoms with Crippen molar-refractivity contribution in [2.75, 3.05) is 17.7 Å². The summed E-state index contributed by atoms with van der Waals surface area (Å²) in [6.07, 6.45) is 0. The molecule has 0 spiro atoms. The number of carbonyl (C=O) groups excluding carboxylic acids is 2. The average molecular weight is 508 g/mol. The van der Waals surface area contributed by atoms with Crippen LogP contribution in [0.1, 0.15) is 27.6 Å². The second kappa shape index (κ2) is 10.6. The summed E-state index contributed by atoms with van der Waals surface area (Å²) in [5.41, 5.74) is 1.26. The molecule has 0 fully saturated rings. The molecular formula is C25H21N3O5S2. The maximum atomic E-state index is 12.8. The van der Waals surface area contributed by atoms with E-state index in [1.807, 2.05) is 24.3 Å². The minimum atomic E-state index is -1.17. The molecule has 0 aliphatic rings. The zero-order valence-electron chi connectivity index (χ0n) is 18.8. The lowest BCUT2D eigenvalue weighted by molar-refractivity contribution is -0.115. The van der Waals surface area contributed by atoms with Crippen molar-refractivity contribution in [3.8, 4) is 5.75 Å². The van der Waals surface area contributed by atoms with Gasteiger partial charge in [-0.3, -0.25) is 9.59 Å². The van der Waals surface area contributed by atoms with E-state index in [4.69, 9.17) is 4.74 Å². The first kappa shape index (κ1) is 24.2. The van der Waals surface area contributed by atoms with Crippen molar-refractivity contribution < 1.29 is 24.2 Å². The fourth-order valence-electron chi connectivity index (χ4n) is 3.26. The molecule has 1 unspecified atom stereocenters. The first-order chi connectivity index (χ1) is 16.8. The van der Waals surface area contributed by atoms with E-state index in [2.05, 4.69) is 15.6 Å². The number of aromatic carboxylic acids is 1. The van der Waals surface area contributed by atoms with Gasteiger partial charge in [-0.25, -0.2) is 9.78 Å². The van der Waals surface area contributed by atoms with Crippen LogP contribution in [0.3, 0.4) is 0 Å². The lowest BCUT2D eigenvalue weighted by Crippen LogP contribution is -2.22. The summed E-state index contributed by atoms with van der Waals surface area (Å²) in [7, 11) is 1.60. The van der Waals surface area contributed by atoms with Gasteiger partial charge in [0, 0.05) is 10.6 Å². The monoisotopic (exact) mass is 507 g/mol. The van der Waals surface area contributed by atoms with E-state index in [-0.39, 0.29) is 17.0 Å². The lowest BCUT2D eigenvalue weighted by atomic mass is 10.1. The number of aromatic nitrogens is 1. The topological polar surface area (TPSA) is 118 Å². The second-order valence-corrected chi connectivity index (χ2v) is 9.88. The molecule has 178 valence electrons. The molecule has 0 saturated heterocycles. The molecule has 0 aliphatic heterocycles. The highest BCUT2D eigenvalue weighted by molar-refractivity contribution is 8.00. The molecule has 1 heterocycles. The number of nitrogens with one attached hydrogen (secondary N) is 2. The predicted octanol–water partition coefficient (Wildman–Crippen LogP) is 5.37. The average Bonchev–Trinajstić information content (AvgIpc) is 3.25. The Balaban J connectivity index is 1.41. The summed E-state index contributed by atoms with van der Waals surface area (Å²) in [6, 6.07) is 18.6. The van der Waals surface area contributed by atoms with Crippen molar-refractivity contribution in [1.82, 2.24) is 4.98 Å². The van der Waals surface area contributed by atoms with Crippen LogP contribution in [0, 0.1) is 0 Å². The predicted molar refractivity (Wildman–Crippen MR) is 138 cm³/mol. The quantitative estimate of drug-likeness (QED) is 0.274. The van der Waals surface area contributed by atoms with Crippen molar-refractivity contribution in [1.29, 1.82) is 0 Å². The van der Waals surface area contributed by atoms with E-state index in [1.54, 1.807) is 44.4 Å². The number of anilines is 2. The molecule has 3 N–H and O–H groups in total. The number of thiazole rings is 1. The van der Waals surface area contributed by atoms with Gasteiger partial charge in [0.2, 0.25) is 5.91 Å². The zero-order valence-corrected chi connectivity index (χ0v) is 20.4. The fourth-order valence-corrected chi connectivity index (χ4v) is 5.09. The Hall–Kier alpha value is -3.89. The van der Waals surface area contributed by atoms with Gasteiger partial charge in [-0.1, -0.05) is 29.5 Å². The van der Waals surface area contributed by atoms with E-state index >= 15 is 0 Å². The van der Waals surface area contributed by atoms with Gasteiger partial charge in [0.05, 0.1) is 33.7 Å². The van der Waals surface area contributed by atoms with Crippen LogP contribution in [0.15, 0.2) is 71.6 Å². The van der Waals surface area contributed by atoms with E-state index < -0.39 is 17.1 Å². The standard InChI is InChI=1S/C25H21N3O5S2/c1-14(22(29)28-25-27-20-11-10-16(33-2)13-21(20)35-25)34-17-7-5-6-15(12-17)26-23(30)18-8-3-4-9-19(18)24(31)32/h3-14H,1-2H3,(H,26,30)(H,31,32)(H,27,28,29). The number of hydrogen-bond acceptors (Lipinski definition) is 7. The van der Waals surface area contributed by atoms with Gasteiger partial charge in [0.1, 0.15) is 5.75 Å². The number of thioether (sulfide) groups is 1. The Bertz CT molecular complexity index is 1420. The summed E-state index contributed by atoms with van der Waals surface area (Å²) in [4.78, 5) is 42.0. The molecule has 0 bridgehead atoms. The van der Waals surface area contributed by atoms with Crippen molar-refractivity contribution in [3.05, 3.63) is 77.9 Å². The van der Waals surface area contributed by atoms with Crippen LogP contribution in [-0.4, -0.2) is 40.2 Å². The summed E-state index contributed by atoms with van der Waals surface area (Å²) in [5, 5.41) is 15.0. The largest absolute Gasteiger partial charge is 0.497 e. The van der Waals surface area contributed by atoms with Crippen molar-refractivity contribution in [2.45, 2.75) is 17.1 Å². The van der Waals surface area contributed by atoms with Gasteiger partial charge < -0.3 is 20.5 Å². The normalized spacial score (nSPS) is 11.6. The minimum absolute atomic E-state index is 0.0688. The van der Waals surface area contributed by atoms with Crippen LogP contribution >= 0.6 is 23.1 Å². The summed E-state index contributed by atoms with van der Waals surface area (Å²) in [6.45, 7) is 1.78. The fraction of sp³-hybridized carbons (Fsp3) is 0.120. The minimum Gasteiger partial charge on any atom is -0.497 e. The lowest BCUT2D eigenvalue weighted by Gasteiger charge is -2.12. The van der Waals surface area contributed by atoms with E-state index in [9.17, 15) is 19.5 Å². The Morgan fingerprint density at radius 2 is 1.77 bits per heavy atom. The number of carboxylic acids is 1. The highest BCUT2D eigenvalue weighted by Gasteiger charge is 2.18. The zero-order chi connectivity index (χ0) is 24.9. The Morgan fingerprint density at radius 1 is 1.00 bits per heavy atom. The molecule has 1 aromatic heterocycles. The van der Waals surface area contributed by atoms with Gasteiger partial charge in [-0.2, -0.15) is 0 Å². The highest BCUT2D eigenvalue weighted by Crippen LogP contribution is 2.31. The Labute approximate surface area is 209 Å². The number of fused-ring (bicyclic) bond motifs is 1. The number of carbonyl (C=O) groups is 3. The SMILES string of the molecule is COc1ccc2nc(NC(=O)C(C)Sc3cccc(NC(=O)c4ccccc4C(=O)O)c3)sc2c1. The number of methoxy groups -OCH3 is 1. The maximum Gasteiger partial charge on any atom is 0.336 e. The molecule has 8 nitrogen and oxygen atoms in total. The van der Waals surface area contributed by atoms with Gasteiger partial charge in [-0.15, -0.1) is 11.8 Å². The first-order valence-corrected chi connectivity index (χ1v) is 12.2. The van der Waals surface area contributed by atoms with Crippen LogP contribution in [-0.2, 0) is 4.79 Å². The van der Waals surface area contributed by atoms with Crippen LogP contribution in [0.5, 0.6) is 5.75 Å². The van der Waals surface area contributed by atoms with Crippen LogP contribution in [0.4, 0.5) is 10.8 Å². The van der Waals surface area contributed by atoms with E-state index in [0.717, 1.165) is 20.9 Å². The van der Waals surface area contributed by atoms with Gasteiger partial charge >= 0.3 is 5.97 Å². The van der Waals surface area contributed by atoms with Crippen LogP contribution < -0.4 is 15.4 Å². The third-order valence-electron chi connectivity index (χ3n) is 5.00. The Morgan fingerprint density at radius 3 is 2.51 bits per heavy atom. The third kappa shape index (κ3) is 5.79. The van der Waals surface area contributed by atoms with Gasteiger partial charge in [0.25, 0.3) is 5.91 Å². The number of ether oxygens (including phenoxy) is 1. The molecular weight excluding hydrogens is 486 g/mol. The molecule has 4 aromatic rings. The third-order valence-corrected chi connectivity index (χ3v) is 7.03. The molecule has 1 atom stereocenters. The van der Waals surface area contributed by atoms with Gasteiger partial charge in [0.15, 0.2) is 5.13 Å². The molecule has 2 amide bonds. The highest BCUT2D eigenvalue weighted by atomic mass is 32.2. The second-order valence-electron chi connectivity index (χ2n) is 7.43. The summed E-state index contributed by atoms with van der Waals surface area (Å²) >= 11 is 2.70. The van der Waals surface area contributed by atoms with Crippen molar-refractivity contribution in [3.63, 3.8) is 0 Å². The van der Waals surface area contributed by atoms with Crippen molar-refractivity contribution >= 4 is 61.9 Å². The molecule has 0 aliphatic carbocycles. The number of amides is 2. The van der Waals surface area contributed by atoms with Gasteiger partial charge in [-0.05, 0) is 55.5 Å². The molecule has 35 heavy (non-hydrogen) atoms. The summed E-state index contributed by atoms with van der Waals surface area (Å²) < 4.78 is 6.14. The summed E-state index contributed by atoms with van der Waals surface area (Å²) in [5.74, 6) is -1.18. The molecule has 3 aromatic carbocycles. The number of nitrogens with zero attached hydrogens (tertiary/aromatic N) is 1. The Kier molecular flexibility index (Phi) is 7.33. The number of hydrogen-bond donors (Lipinski definition) is 3. The molecule has 4 rings (SSSR count). The van der Waals surface area contributed by atoms with Crippen LogP contribution in [0.25, 0.3) is 10.2 Å².